The number of hydrogen-bond acceptors (Lipinski definition) is 0. The van der Waals surface area contributed by atoms with Crippen LogP contribution >= 0.6 is 22.1 Å². The monoisotopic (exact) mass is 244 g/mol. The van der Waals surface area contributed by atoms with Gasteiger partial charge in [-0.15, -0.1) is 0 Å². The van der Waals surface area contributed by atoms with Crippen molar-refractivity contribution in [3.63, 3.8) is 0 Å². The zero-order chi connectivity index (χ0) is 8.97. The van der Waals surface area contributed by atoms with Crippen LogP contribution in [0.3, 0.4) is 0 Å². The molecule has 1 aromatic carbocycles. The molecule has 0 bridgehead atoms. The zero-order valence-electron chi connectivity index (χ0n) is 7.50. The molecule has 0 radical (unpaired) electrons. The van der Waals surface area contributed by atoms with E-state index in [1.807, 2.05) is 0 Å². The lowest BCUT2D eigenvalue weighted by molar-refractivity contribution is 1.09. The van der Waals surface area contributed by atoms with Gasteiger partial charge in [0.05, 0.1) is 0 Å². The maximum absolute atomic E-state index is 3.74. The summed E-state index contributed by atoms with van der Waals surface area (Å²) in [6.07, 6.45) is 1.19. The van der Waals surface area contributed by atoms with E-state index >= 15 is 0 Å². The first-order valence-corrected chi connectivity index (χ1v) is 7.78. The second-order valence-electron chi connectivity index (χ2n) is 3.14. The van der Waals surface area contributed by atoms with Gasteiger partial charge in [-0.05, 0) is 17.8 Å². The van der Waals surface area contributed by atoms with Crippen molar-refractivity contribution < 1.29 is 0 Å². The molecule has 0 amide bonds. The zero-order valence-corrected chi connectivity index (χ0v) is 9.98. The lowest BCUT2D eigenvalue weighted by atomic mass is 10.2. The fourth-order valence-electron chi connectivity index (χ4n) is 0.940. The Kier molecular flexibility index (Phi) is 4.25. The van der Waals surface area contributed by atoms with Crippen molar-refractivity contribution in [2.24, 2.45) is 0 Å². The van der Waals surface area contributed by atoms with E-state index < -0.39 is 0 Å². The van der Waals surface area contributed by atoms with E-state index in [0.717, 1.165) is 5.66 Å². The number of benzene rings is 1. The lowest BCUT2D eigenvalue weighted by Crippen LogP contribution is -1.90. The van der Waals surface area contributed by atoms with Crippen LogP contribution < -0.4 is 0 Å². The van der Waals surface area contributed by atoms with E-state index in [2.05, 4.69) is 59.7 Å². The number of hydrogen-bond donors (Lipinski definition) is 0. The molecule has 0 heterocycles. The first-order chi connectivity index (χ1) is 5.70. The molecule has 12 heavy (non-hydrogen) atoms. The van der Waals surface area contributed by atoms with E-state index in [-0.39, 0.29) is 6.62 Å². The van der Waals surface area contributed by atoms with Crippen LogP contribution in [0.15, 0.2) is 30.3 Å². The lowest BCUT2D eigenvalue weighted by Gasteiger charge is -2.13. The Morgan fingerprint density at radius 1 is 1.25 bits per heavy atom. The highest BCUT2D eigenvalue weighted by Crippen LogP contribution is 2.51. The maximum Gasteiger partial charge on any atom is 0.00277 e. The first-order valence-electron chi connectivity index (χ1n) is 4.16. The van der Waals surface area contributed by atoms with Crippen LogP contribution in [0.5, 0.6) is 0 Å². The molecule has 1 atom stereocenters. The van der Waals surface area contributed by atoms with Crippen molar-refractivity contribution in [2.75, 3.05) is 0 Å². The molecule has 1 unspecified atom stereocenters. The average molecular weight is 245 g/mol. The highest BCUT2D eigenvalue weighted by atomic mass is 79.9. The third-order valence-corrected chi connectivity index (χ3v) is 6.73. The van der Waals surface area contributed by atoms with E-state index in [1.165, 1.54) is 11.7 Å². The molecule has 0 nitrogen and oxygen atoms in total. The van der Waals surface area contributed by atoms with Crippen LogP contribution in [-0.4, -0.2) is 5.66 Å². The molecule has 0 aliphatic heterocycles. The molecular weight excluding hydrogens is 231 g/mol. The smallest absolute Gasteiger partial charge is 0.00277 e. The fourth-order valence-corrected chi connectivity index (χ4v) is 2.73. The normalized spacial score (nSPS) is 13.3. The van der Waals surface area contributed by atoms with Gasteiger partial charge in [-0.2, -0.15) is 0 Å². The highest BCUT2D eigenvalue weighted by molar-refractivity contribution is 9.39. The largest absolute Gasteiger partial charge is 0.0622 e. The molecule has 0 aromatic heterocycles. The van der Waals surface area contributed by atoms with Gasteiger partial charge in [-0.25, -0.2) is 0 Å². The molecule has 0 aliphatic carbocycles. The molecular formula is C10H14BrP. The molecule has 1 aromatic rings. The van der Waals surface area contributed by atoms with Crippen LogP contribution in [0.1, 0.15) is 19.4 Å². The molecule has 2 heteroatoms. The minimum Gasteiger partial charge on any atom is -0.0622 e. The molecule has 0 saturated heterocycles. The predicted octanol–water partition coefficient (Wildman–Crippen LogP) is 4.39. The summed E-state index contributed by atoms with van der Waals surface area (Å²) in [5.41, 5.74) is 2.20. The van der Waals surface area contributed by atoms with Gasteiger partial charge >= 0.3 is 0 Å². The van der Waals surface area contributed by atoms with Gasteiger partial charge < -0.3 is 0 Å². The molecule has 0 spiro atoms. The summed E-state index contributed by atoms with van der Waals surface area (Å²) in [6, 6.07) is 10.7. The quantitative estimate of drug-likeness (QED) is 0.693. The summed E-state index contributed by atoms with van der Waals surface area (Å²) in [6.45, 7) is 4.53. The molecule has 0 fully saturated rings. The van der Waals surface area contributed by atoms with Crippen molar-refractivity contribution in [1.29, 1.82) is 0 Å². The van der Waals surface area contributed by atoms with Crippen molar-refractivity contribution in [1.82, 2.24) is 0 Å². The van der Waals surface area contributed by atoms with Gasteiger partial charge in [0.15, 0.2) is 0 Å². The average Bonchev–Trinajstić information content (AvgIpc) is 2.06. The summed E-state index contributed by atoms with van der Waals surface area (Å²) in [5, 5.41) is 0. The summed E-state index contributed by atoms with van der Waals surface area (Å²) in [5.74, 6) is 0. The topological polar surface area (TPSA) is 0 Å². The molecule has 66 valence electrons. The van der Waals surface area contributed by atoms with E-state index in [9.17, 15) is 0 Å². The Bertz CT molecular complexity index is 221. The molecule has 0 N–H and O–H groups in total. The molecule has 1 rings (SSSR count). The van der Waals surface area contributed by atoms with E-state index in [1.54, 1.807) is 0 Å². The van der Waals surface area contributed by atoms with E-state index in [4.69, 9.17) is 0 Å². The summed E-state index contributed by atoms with van der Waals surface area (Å²) in [4.78, 5) is 0. The van der Waals surface area contributed by atoms with Crippen molar-refractivity contribution in [3.05, 3.63) is 35.9 Å². The van der Waals surface area contributed by atoms with Crippen molar-refractivity contribution in [2.45, 2.75) is 25.7 Å². The first kappa shape index (κ1) is 10.2. The number of rotatable bonds is 3. The van der Waals surface area contributed by atoms with Gasteiger partial charge in [-0.1, -0.05) is 59.7 Å². The third-order valence-electron chi connectivity index (χ3n) is 1.74. The Labute approximate surface area is 83.9 Å². The van der Waals surface area contributed by atoms with Crippen LogP contribution in [0.2, 0.25) is 0 Å². The second kappa shape index (κ2) is 4.99. The summed E-state index contributed by atoms with van der Waals surface area (Å²) in [7, 11) is 0. The maximum atomic E-state index is 3.74. The fraction of sp³-hybridized carbons (Fsp3) is 0.400. The predicted molar refractivity (Wildman–Crippen MR) is 61.1 cm³/mol. The molecule has 0 saturated carbocycles. The van der Waals surface area contributed by atoms with Gasteiger partial charge in [0.2, 0.25) is 0 Å². The van der Waals surface area contributed by atoms with Gasteiger partial charge in [-0.3, -0.25) is 0 Å². The third kappa shape index (κ3) is 3.25. The minimum absolute atomic E-state index is 0.00334. The van der Waals surface area contributed by atoms with Crippen LogP contribution in [-0.2, 0) is 6.16 Å². The molecule has 0 aliphatic rings. The Hall–Kier alpha value is 0.130. The SMILES string of the molecule is CC(C)P(Br)Cc1ccccc1. The van der Waals surface area contributed by atoms with Crippen molar-refractivity contribution in [3.8, 4) is 0 Å². The standard InChI is InChI=1S/C10H14BrP/c1-9(2)12(11)8-10-6-4-3-5-7-10/h3-7,9H,8H2,1-2H3. The van der Waals surface area contributed by atoms with Crippen LogP contribution in [0.4, 0.5) is 0 Å². The minimum atomic E-state index is -0.00334. The summed E-state index contributed by atoms with van der Waals surface area (Å²) < 4.78 is 0. The van der Waals surface area contributed by atoms with Gasteiger partial charge in [0, 0.05) is 6.16 Å². The summed E-state index contributed by atoms with van der Waals surface area (Å²) >= 11 is 3.74. The van der Waals surface area contributed by atoms with Gasteiger partial charge in [0.25, 0.3) is 0 Å². The Morgan fingerprint density at radius 3 is 2.33 bits per heavy atom. The van der Waals surface area contributed by atoms with Crippen LogP contribution in [0, 0.1) is 0 Å². The van der Waals surface area contributed by atoms with Gasteiger partial charge in [0.1, 0.15) is 0 Å². The number of halogens is 1. The highest BCUT2D eigenvalue weighted by Gasteiger charge is 2.08. The second-order valence-corrected chi connectivity index (χ2v) is 8.02. The van der Waals surface area contributed by atoms with Crippen molar-refractivity contribution >= 4 is 22.1 Å². The van der Waals surface area contributed by atoms with E-state index in [0.29, 0.717) is 0 Å². The Morgan fingerprint density at radius 2 is 1.83 bits per heavy atom. The van der Waals surface area contributed by atoms with Crippen LogP contribution in [0.25, 0.3) is 0 Å². The Balaban J connectivity index is 2.53.